The second-order valence-corrected chi connectivity index (χ2v) is 8.35. The molecule has 0 aliphatic heterocycles. The van der Waals surface area contributed by atoms with E-state index in [4.69, 9.17) is 13.9 Å². The Hall–Kier alpha value is -1.83. The molecule has 3 aromatic rings. The Morgan fingerprint density at radius 2 is 1.82 bits per heavy atom. The number of methoxy groups -OCH3 is 1. The van der Waals surface area contributed by atoms with Gasteiger partial charge in [0.2, 0.25) is 0 Å². The maximum atomic E-state index is 12.3. The molecule has 7 heteroatoms. The fraction of sp³-hybridized carbons (Fsp3) is 0.0952. The number of carbonyl (C=O) groups excluding carboxylic acids is 1. The van der Waals surface area contributed by atoms with Crippen LogP contribution in [0.15, 0.2) is 72.4 Å². The molecule has 0 bridgehead atoms. The second-order valence-electron chi connectivity index (χ2n) is 5.72. The van der Waals surface area contributed by atoms with Gasteiger partial charge in [0.05, 0.1) is 16.1 Å². The standard InChI is InChI=1S/C21H15Br3O4/c1-26-16-4-2-3-13(9-16)20(25)8-7-15-5-6-17(28-15)12-27-21-18(23)10-14(22)11-19(21)24/h2-11H,12H2,1H3/b8-7+. The van der Waals surface area contributed by atoms with Gasteiger partial charge >= 0.3 is 0 Å². The minimum Gasteiger partial charge on any atom is -0.497 e. The minimum atomic E-state index is -0.129. The predicted molar refractivity (Wildman–Crippen MR) is 119 cm³/mol. The van der Waals surface area contributed by atoms with Gasteiger partial charge in [-0.3, -0.25) is 4.79 Å². The Kier molecular flexibility index (Phi) is 7.15. The Morgan fingerprint density at radius 1 is 1.07 bits per heavy atom. The van der Waals surface area contributed by atoms with Crippen molar-refractivity contribution in [1.29, 1.82) is 0 Å². The van der Waals surface area contributed by atoms with Crippen LogP contribution in [-0.2, 0) is 6.61 Å². The fourth-order valence-electron chi connectivity index (χ4n) is 2.40. The van der Waals surface area contributed by atoms with Crippen LogP contribution < -0.4 is 9.47 Å². The Bertz CT molecular complexity index is 1000. The number of benzene rings is 2. The Morgan fingerprint density at radius 3 is 2.54 bits per heavy atom. The van der Waals surface area contributed by atoms with Crippen molar-refractivity contribution < 1.29 is 18.7 Å². The van der Waals surface area contributed by atoms with Crippen molar-refractivity contribution in [3.05, 3.63) is 85.1 Å². The molecule has 3 rings (SSSR count). The van der Waals surface area contributed by atoms with Crippen LogP contribution in [0.2, 0.25) is 0 Å². The lowest BCUT2D eigenvalue weighted by molar-refractivity contribution is 0.104. The average molecular weight is 571 g/mol. The first kappa shape index (κ1) is 20.9. The highest BCUT2D eigenvalue weighted by atomic mass is 79.9. The number of allylic oxidation sites excluding steroid dienone is 1. The largest absolute Gasteiger partial charge is 0.497 e. The molecule has 0 atom stereocenters. The lowest BCUT2D eigenvalue weighted by Crippen LogP contribution is -1.95. The van der Waals surface area contributed by atoms with Gasteiger partial charge < -0.3 is 13.9 Å². The van der Waals surface area contributed by atoms with Crippen LogP contribution in [-0.4, -0.2) is 12.9 Å². The van der Waals surface area contributed by atoms with Gasteiger partial charge in [0, 0.05) is 10.0 Å². The van der Waals surface area contributed by atoms with Gasteiger partial charge in [0.15, 0.2) is 5.78 Å². The zero-order valence-corrected chi connectivity index (χ0v) is 19.5. The Balaban J connectivity index is 1.64. The number of carbonyl (C=O) groups is 1. The highest BCUT2D eigenvalue weighted by molar-refractivity contribution is 9.11. The first-order chi connectivity index (χ1) is 13.5. The quantitative estimate of drug-likeness (QED) is 0.226. The van der Waals surface area contributed by atoms with Crippen LogP contribution in [0.25, 0.3) is 6.08 Å². The third-order valence-corrected chi connectivity index (χ3v) is 5.39. The summed E-state index contributed by atoms with van der Waals surface area (Å²) in [5.41, 5.74) is 0.552. The number of hydrogen-bond acceptors (Lipinski definition) is 4. The van der Waals surface area contributed by atoms with Gasteiger partial charge in [-0.15, -0.1) is 0 Å². The fourth-order valence-corrected chi connectivity index (χ4v) is 4.89. The van der Waals surface area contributed by atoms with Crippen LogP contribution in [0.3, 0.4) is 0 Å². The van der Waals surface area contributed by atoms with Crippen molar-refractivity contribution in [2.75, 3.05) is 7.11 Å². The van der Waals surface area contributed by atoms with Crippen molar-refractivity contribution in [3.8, 4) is 11.5 Å². The molecule has 0 saturated carbocycles. The number of ether oxygens (including phenoxy) is 2. The SMILES string of the molecule is COc1cccc(C(=O)/C=C/c2ccc(COc3c(Br)cc(Br)cc3Br)o2)c1. The first-order valence-corrected chi connectivity index (χ1v) is 10.6. The van der Waals surface area contributed by atoms with E-state index in [1.807, 2.05) is 18.2 Å². The molecule has 0 unspecified atom stereocenters. The molecule has 4 nitrogen and oxygen atoms in total. The molecule has 1 aromatic heterocycles. The molecule has 0 spiro atoms. The van der Waals surface area contributed by atoms with E-state index in [0.29, 0.717) is 28.6 Å². The summed E-state index contributed by atoms with van der Waals surface area (Å²) in [4.78, 5) is 12.3. The molecule has 144 valence electrons. The third-order valence-electron chi connectivity index (χ3n) is 3.76. The van der Waals surface area contributed by atoms with Gasteiger partial charge in [-0.2, -0.15) is 0 Å². The van der Waals surface area contributed by atoms with Gasteiger partial charge in [0.1, 0.15) is 29.6 Å². The Labute approximate surface area is 187 Å². The van der Waals surface area contributed by atoms with E-state index >= 15 is 0 Å². The maximum Gasteiger partial charge on any atom is 0.186 e. The summed E-state index contributed by atoms with van der Waals surface area (Å²) in [5.74, 6) is 2.42. The summed E-state index contributed by atoms with van der Waals surface area (Å²) in [5, 5.41) is 0. The molecule has 0 saturated heterocycles. The molecule has 0 aliphatic rings. The summed E-state index contributed by atoms with van der Waals surface area (Å²) >= 11 is 10.4. The highest BCUT2D eigenvalue weighted by Gasteiger charge is 2.10. The van der Waals surface area contributed by atoms with Crippen molar-refractivity contribution in [2.45, 2.75) is 6.61 Å². The molecule has 0 amide bonds. The zero-order valence-electron chi connectivity index (χ0n) is 14.7. The van der Waals surface area contributed by atoms with E-state index in [9.17, 15) is 4.79 Å². The first-order valence-electron chi connectivity index (χ1n) is 8.19. The minimum absolute atomic E-state index is 0.129. The van der Waals surface area contributed by atoms with Gasteiger partial charge in [-0.25, -0.2) is 0 Å². The summed E-state index contributed by atoms with van der Waals surface area (Å²) in [7, 11) is 1.57. The van der Waals surface area contributed by atoms with Crippen LogP contribution >= 0.6 is 47.8 Å². The summed E-state index contributed by atoms with van der Waals surface area (Å²) in [6.07, 6.45) is 3.11. The van der Waals surface area contributed by atoms with Gasteiger partial charge in [-0.1, -0.05) is 28.1 Å². The molecule has 0 fully saturated rings. The summed E-state index contributed by atoms with van der Waals surface area (Å²) in [6.45, 7) is 0.260. The smallest absolute Gasteiger partial charge is 0.186 e. The van der Waals surface area contributed by atoms with Gasteiger partial charge in [-0.05, 0) is 80.4 Å². The highest BCUT2D eigenvalue weighted by Crippen LogP contribution is 2.36. The zero-order chi connectivity index (χ0) is 20.1. The van der Waals surface area contributed by atoms with Crippen LogP contribution in [0, 0.1) is 0 Å². The lowest BCUT2D eigenvalue weighted by Gasteiger charge is -2.09. The maximum absolute atomic E-state index is 12.3. The molecular formula is C21H15Br3O4. The monoisotopic (exact) mass is 568 g/mol. The van der Waals surface area contributed by atoms with Crippen LogP contribution in [0.1, 0.15) is 21.9 Å². The van der Waals surface area contributed by atoms with E-state index in [2.05, 4.69) is 47.8 Å². The lowest BCUT2D eigenvalue weighted by atomic mass is 10.1. The van der Waals surface area contributed by atoms with Gasteiger partial charge in [0.25, 0.3) is 0 Å². The van der Waals surface area contributed by atoms with Crippen molar-refractivity contribution >= 4 is 59.6 Å². The number of rotatable bonds is 7. The van der Waals surface area contributed by atoms with Crippen molar-refractivity contribution in [3.63, 3.8) is 0 Å². The molecule has 28 heavy (non-hydrogen) atoms. The number of hydrogen-bond donors (Lipinski definition) is 0. The molecule has 0 aliphatic carbocycles. The number of furan rings is 1. The van der Waals surface area contributed by atoms with E-state index in [-0.39, 0.29) is 12.4 Å². The third kappa shape index (κ3) is 5.37. The van der Waals surface area contributed by atoms with E-state index < -0.39 is 0 Å². The van der Waals surface area contributed by atoms with Crippen LogP contribution in [0.5, 0.6) is 11.5 Å². The topological polar surface area (TPSA) is 48.7 Å². The van der Waals surface area contributed by atoms with E-state index in [1.54, 1.807) is 43.5 Å². The average Bonchev–Trinajstić information content (AvgIpc) is 3.13. The molecule has 0 N–H and O–H groups in total. The normalized spacial score (nSPS) is 11.0. The molecule has 1 heterocycles. The predicted octanol–water partition coefficient (Wildman–Crippen LogP) is 7.05. The van der Waals surface area contributed by atoms with E-state index in [0.717, 1.165) is 13.4 Å². The number of ketones is 1. The van der Waals surface area contributed by atoms with Crippen LogP contribution in [0.4, 0.5) is 0 Å². The number of halogens is 3. The molecular weight excluding hydrogens is 556 g/mol. The van der Waals surface area contributed by atoms with Crippen molar-refractivity contribution in [2.24, 2.45) is 0 Å². The molecule has 2 aromatic carbocycles. The van der Waals surface area contributed by atoms with Crippen molar-refractivity contribution in [1.82, 2.24) is 0 Å². The second kappa shape index (κ2) is 9.58. The summed E-state index contributed by atoms with van der Waals surface area (Å²) in [6, 6.07) is 14.4. The summed E-state index contributed by atoms with van der Waals surface area (Å²) < 4.78 is 19.3. The molecule has 0 radical (unpaired) electrons. The van der Waals surface area contributed by atoms with E-state index in [1.165, 1.54) is 6.08 Å².